The van der Waals surface area contributed by atoms with E-state index in [2.05, 4.69) is 20.3 Å². The monoisotopic (exact) mass is 347 g/mol. The summed E-state index contributed by atoms with van der Waals surface area (Å²) in [5, 5.41) is 18.8. The first-order valence-corrected chi connectivity index (χ1v) is 6.41. The van der Waals surface area contributed by atoms with Crippen LogP contribution in [0.15, 0.2) is 18.6 Å². The van der Waals surface area contributed by atoms with E-state index in [4.69, 9.17) is 5.11 Å². The molecule has 0 fully saturated rings. The van der Waals surface area contributed by atoms with E-state index in [1.165, 1.54) is 19.4 Å². The fraction of sp³-hybridized carbons (Fsp3) is 0.333. The Hall–Kier alpha value is -2.89. The first-order chi connectivity index (χ1) is 11.2. The molecule has 0 radical (unpaired) electrons. The molecule has 0 aliphatic heterocycles. The van der Waals surface area contributed by atoms with Crippen molar-refractivity contribution < 1.29 is 32.6 Å². The highest BCUT2D eigenvalue weighted by Gasteiger charge is 2.27. The average Bonchev–Trinajstić information content (AvgIpc) is 3.04. The van der Waals surface area contributed by atoms with E-state index >= 15 is 0 Å². The van der Waals surface area contributed by atoms with Gasteiger partial charge in [-0.05, 0) is 0 Å². The Morgan fingerprint density at radius 2 is 2.04 bits per heavy atom. The number of carbonyl (C=O) groups excluding carboxylic acids is 1. The Kier molecular flexibility index (Phi) is 4.87. The number of nitrogens with one attached hydrogen (secondary N) is 1. The van der Waals surface area contributed by atoms with Gasteiger partial charge in [-0.2, -0.15) is 23.4 Å². The summed E-state index contributed by atoms with van der Waals surface area (Å²) in [5.74, 6) is -2.06. The summed E-state index contributed by atoms with van der Waals surface area (Å²) in [6.45, 7) is -1.88. The number of hydrogen-bond acceptors (Lipinski definition) is 5. The van der Waals surface area contributed by atoms with Crippen LogP contribution < -0.4 is 5.32 Å². The maximum Gasteiger partial charge on any atom is 0.411 e. The first-order valence-electron chi connectivity index (χ1n) is 6.41. The van der Waals surface area contributed by atoms with Crippen molar-refractivity contribution >= 4 is 17.6 Å². The van der Waals surface area contributed by atoms with Crippen LogP contribution in [0.3, 0.4) is 0 Å². The third-order valence-corrected chi connectivity index (χ3v) is 2.77. The normalized spacial score (nSPS) is 11.5. The highest BCUT2D eigenvalue weighted by Crippen LogP contribution is 2.15. The van der Waals surface area contributed by atoms with Crippen molar-refractivity contribution in [1.29, 1.82) is 0 Å². The predicted octanol–water partition coefficient (Wildman–Crippen LogP) is 1.10. The number of hydrogen-bond donors (Lipinski definition) is 2. The molecule has 2 rings (SSSR count). The fourth-order valence-electron chi connectivity index (χ4n) is 1.81. The summed E-state index contributed by atoms with van der Waals surface area (Å²) in [6.07, 6.45) is -0.926. The summed E-state index contributed by atoms with van der Waals surface area (Å²) in [7, 11) is 1.37. The molecular formula is C12H12F3N5O4. The third kappa shape index (κ3) is 4.32. The van der Waals surface area contributed by atoms with E-state index in [1.807, 2.05) is 0 Å². The molecule has 2 N–H and O–H groups in total. The highest BCUT2D eigenvalue weighted by atomic mass is 19.4. The largest absolute Gasteiger partial charge is 0.477 e. The van der Waals surface area contributed by atoms with E-state index in [-0.39, 0.29) is 16.9 Å². The number of carboxylic acid groups (broad SMARTS) is 1. The summed E-state index contributed by atoms with van der Waals surface area (Å²) < 4.78 is 42.4. The lowest BCUT2D eigenvalue weighted by Crippen LogP contribution is -2.18. The van der Waals surface area contributed by atoms with Crippen LogP contribution in [0.25, 0.3) is 0 Å². The molecule has 130 valence electrons. The summed E-state index contributed by atoms with van der Waals surface area (Å²) in [5.41, 5.74) is -0.296. The van der Waals surface area contributed by atoms with Crippen LogP contribution in [0, 0.1) is 0 Å². The summed E-state index contributed by atoms with van der Waals surface area (Å²) >= 11 is 0. The van der Waals surface area contributed by atoms with Crippen molar-refractivity contribution in [2.45, 2.75) is 12.9 Å². The van der Waals surface area contributed by atoms with Crippen molar-refractivity contribution in [3.05, 3.63) is 29.8 Å². The van der Waals surface area contributed by atoms with Crippen LogP contribution >= 0.6 is 0 Å². The van der Waals surface area contributed by atoms with Crippen LogP contribution in [0.1, 0.15) is 20.8 Å². The van der Waals surface area contributed by atoms with Crippen molar-refractivity contribution in [2.24, 2.45) is 7.05 Å². The lowest BCUT2D eigenvalue weighted by Gasteiger charge is -2.07. The molecule has 24 heavy (non-hydrogen) atoms. The first kappa shape index (κ1) is 17.5. The molecular weight excluding hydrogens is 335 g/mol. The Morgan fingerprint density at radius 3 is 2.67 bits per heavy atom. The zero-order chi connectivity index (χ0) is 17.9. The molecule has 0 aromatic carbocycles. The number of aryl methyl sites for hydroxylation is 1. The quantitative estimate of drug-likeness (QED) is 0.810. The number of halogens is 3. The number of amides is 1. The van der Waals surface area contributed by atoms with E-state index < -0.39 is 31.4 Å². The van der Waals surface area contributed by atoms with Crippen LogP contribution in [0.4, 0.5) is 18.9 Å². The lowest BCUT2D eigenvalue weighted by atomic mass is 10.2. The van der Waals surface area contributed by atoms with Crippen LogP contribution in [-0.4, -0.2) is 49.3 Å². The summed E-state index contributed by atoms with van der Waals surface area (Å²) in [6, 6.07) is 0. The van der Waals surface area contributed by atoms with Crippen LogP contribution in [0.5, 0.6) is 0 Å². The number of carboxylic acids is 1. The summed E-state index contributed by atoms with van der Waals surface area (Å²) in [4.78, 5) is 23.2. The van der Waals surface area contributed by atoms with Gasteiger partial charge < -0.3 is 15.2 Å². The highest BCUT2D eigenvalue weighted by molar-refractivity contribution is 6.09. The van der Waals surface area contributed by atoms with Gasteiger partial charge in [0.15, 0.2) is 5.69 Å². The molecule has 0 atom stereocenters. The molecule has 9 nitrogen and oxygen atoms in total. The Balaban J connectivity index is 2.00. The number of alkyl halides is 3. The second-order valence-corrected chi connectivity index (χ2v) is 4.65. The van der Waals surface area contributed by atoms with Gasteiger partial charge in [0, 0.05) is 7.05 Å². The molecule has 2 heterocycles. The van der Waals surface area contributed by atoms with Gasteiger partial charge in [-0.25, -0.2) is 9.48 Å². The maximum absolute atomic E-state index is 12.1. The standard InChI is InChI=1S/C12H12F3N5O4/c1-19-9(11(22)23)8(3-16-19)10(21)18-7-2-17-20(4-7)6-24-5-12(13,14)15/h2-4H,5-6H2,1H3,(H,18,21)(H,22,23). The number of anilines is 1. The smallest absolute Gasteiger partial charge is 0.411 e. The van der Waals surface area contributed by atoms with Crippen LogP contribution in [-0.2, 0) is 18.5 Å². The van der Waals surface area contributed by atoms with Gasteiger partial charge in [0.25, 0.3) is 5.91 Å². The second-order valence-electron chi connectivity index (χ2n) is 4.65. The van der Waals surface area contributed by atoms with Crippen molar-refractivity contribution in [2.75, 3.05) is 11.9 Å². The van der Waals surface area contributed by atoms with E-state index in [9.17, 15) is 22.8 Å². The number of carbonyl (C=O) groups is 2. The van der Waals surface area contributed by atoms with E-state index in [0.717, 1.165) is 15.6 Å². The molecule has 12 heteroatoms. The average molecular weight is 347 g/mol. The molecule has 0 bridgehead atoms. The number of ether oxygens (including phenoxy) is 1. The Bertz CT molecular complexity index is 752. The molecule has 0 saturated carbocycles. The topological polar surface area (TPSA) is 111 Å². The maximum atomic E-state index is 12.1. The molecule has 2 aromatic rings. The molecule has 2 aromatic heterocycles. The fourth-order valence-corrected chi connectivity index (χ4v) is 1.81. The van der Waals surface area contributed by atoms with Gasteiger partial charge >= 0.3 is 12.1 Å². The van der Waals surface area contributed by atoms with Gasteiger partial charge in [0.05, 0.1) is 29.8 Å². The Morgan fingerprint density at radius 1 is 1.33 bits per heavy atom. The van der Waals surface area contributed by atoms with Gasteiger partial charge in [-0.1, -0.05) is 0 Å². The molecule has 0 aliphatic rings. The van der Waals surface area contributed by atoms with Crippen molar-refractivity contribution in [3.8, 4) is 0 Å². The lowest BCUT2D eigenvalue weighted by molar-refractivity contribution is -0.182. The molecule has 0 spiro atoms. The van der Waals surface area contributed by atoms with Gasteiger partial charge in [0.2, 0.25) is 0 Å². The van der Waals surface area contributed by atoms with Gasteiger partial charge in [-0.3, -0.25) is 9.48 Å². The van der Waals surface area contributed by atoms with E-state index in [1.54, 1.807) is 0 Å². The predicted molar refractivity (Wildman–Crippen MR) is 72.4 cm³/mol. The molecule has 0 unspecified atom stereocenters. The number of aromatic nitrogens is 4. The van der Waals surface area contributed by atoms with Crippen LogP contribution in [0.2, 0.25) is 0 Å². The van der Waals surface area contributed by atoms with Crippen molar-refractivity contribution in [1.82, 2.24) is 19.6 Å². The minimum Gasteiger partial charge on any atom is -0.477 e. The van der Waals surface area contributed by atoms with Gasteiger partial charge in [0.1, 0.15) is 13.3 Å². The third-order valence-electron chi connectivity index (χ3n) is 2.77. The van der Waals surface area contributed by atoms with Crippen molar-refractivity contribution in [3.63, 3.8) is 0 Å². The number of aromatic carboxylic acids is 1. The molecule has 1 amide bonds. The minimum atomic E-state index is -4.45. The van der Waals surface area contributed by atoms with E-state index in [0.29, 0.717) is 0 Å². The Labute approximate surface area is 132 Å². The number of nitrogens with zero attached hydrogens (tertiary/aromatic N) is 4. The molecule has 0 aliphatic carbocycles. The number of rotatable bonds is 6. The second kappa shape index (κ2) is 6.70. The zero-order valence-corrected chi connectivity index (χ0v) is 12.2. The minimum absolute atomic E-state index is 0.161. The molecule has 0 saturated heterocycles. The van der Waals surface area contributed by atoms with Gasteiger partial charge in [-0.15, -0.1) is 0 Å². The zero-order valence-electron chi connectivity index (χ0n) is 12.2. The SMILES string of the molecule is Cn1ncc(C(=O)Nc2cnn(COCC(F)(F)F)c2)c1C(=O)O.